The Morgan fingerprint density at radius 3 is 1.67 bits per heavy atom. The lowest BCUT2D eigenvalue weighted by Crippen LogP contribution is -2.10. The van der Waals surface area contributed by atoms with Gasteiger partial charge in [0.05, 0.1) is 29.6 Å². The minimum Gasteiger partial charge on any atom is -0.478 e. The van der Waals surface area contributed by atoms with Gasteiger partial charge in [-0.1, -0.05) is 36.4 Å². The zero-order chi connectivity index (χ0) is 19.2. The topological polar surface area (TPSA) is 87.7 Å². The van der Waals surface area contributed by atoms with Crippen LogP contribution in [0.25, 0.3) is 0 Å². The Morgan fingerprint density at radius 1 is 0.778 bits per heavy atom. The first kappa shape index (κ1) is 18.0. The van der Waals surface area contributed by atoms with Gasteiger partial charge in [0.2, 0.25) is 0 Å². The summed E-state index contributed by atoms with van der Waals surface area (Å²) in [7, 11) is 1.28. The molecule has 0 unspecified atom stereocenters. The van der Waals surface area contributed by atoms with Crippen LogP contribution in [0.1, 0.15) is 20.7 Å². The summed E-state index contributed by atoms with van der Waals surface area (Å²) in [6.07, 6.45) is 0. The van der Waals surface area contributed by atoms with Crippen molar-refractivity contribution in [3.05, 3.63) is 83.9 Å². The number of carbonyl (C=O) groups excluding carboxylic acids is 1. The first-order valence-electron chi connectivity index (χ1n) is 8.22. The van der Waals surface area contributed by atoms with Gasteiger partial charge >= 0.3 is 11.9 Å². The van der Waals surface area contributed by atoms with Gasteiger partial charge in [-0.25, -0.2) is 9.59 Å². The molecule has 27 heavy (non-hydrogen) atoms. The summed E-state index contributed by atoms with van der Waals surface area (Å²) >= 11 is 0. The van der Waals surface area contributed by atoms with Gasteiger partial charge in [-0.15, -0.1) is 0 Å². The molecule has 3 rings (SSSR count). The second-order valence-corrected chi connectivity index (χ2v) is 5.72. The van der Waals surface area contributed by atoms with E-state index >= 15 is 0 Å². The first-order valence-corrected chi connectivity index (χ1v) is 8.22. The zero-order valence-corrected chi connectivity index (χ0v) is 14.6. The highest BCUT2D eigenvalue weighted by Crippen LogP contribution is 2.30. The SMILES string of the molecule is COC(=O)c1cc(Nc2ccccc2)c(C(=O)O)cc1Nc1ccccc1. The molecule has 0 amide bonds. The summed E-state index contributed by atoms with van der Waals surface area (Å²) in [5.74, 6) is -1.68. The van der Waals surface area contributed by atoms with Crippen LogP contribution in [-0.2, 0) is 4.74 Å². The predicted octanol–water partition coefficient (Wildman–Crippen LogP) is 4.66. The maximum atomic E-state index is 12.3. The Bertz CT molecular complexity index is 957. The minimum absolute atomic E-state index is 0.0323. The van der Waals surface area contributed by atoms with Gasteiger partial charge in [-0.05, 0) is 36.4 Å². The third kappa shape index (κ3) is 4.24. The summed E-state index contributed by atoms with van der Waals surface area (Å²) in [5.41, 5.74) is 2.34. The molecule has 0 fully saturated rings. The third-order valence-corrected chi connectivity index (χ3v) is 3.90. The second-order valence-electron chi connectivity index (χ2n) is 5.72. The number of para-hydroxylation sites is 2. The Morgan fingerprint density at radius 2 is 1.22 bits per heavy atom. The number of carbonyl (C=O) groups is 2. The fraction of sp³-hybridized carbons (Fsp3) is 0.0476. The molecule has 3 aromatic carbocycles. The summed E-state index contributed by atoms with van der Waals surface area (Å²) in [4.78, 5) is 24.1. The van der Waals surface area contributed by atoms with Crippen molar-refractivity contribution in [3.63, 3.8) is 0 Å². The highest BCUT2D eigenvalue weighted by Gasteiger charge is 2.20. The van der Waals surface area contributed by atoms with E-state index in [0.717, 1.165) is 5.69 Å². The molecular formula is C21H18N2O4. The van der Waals surface area contributed by atoms with E-state index in [1.165, 1.54) is 19.2 Å². The van der Waals surface area contributed by atoms with Crippen LogP contribution in [-0.4, -0.2) is 24.2 Å². The number of hydrogen-bond acceptors (Lipinski definition) is 5. The van der Waals surface area contributed by atoms with Crippen LogP contribution in [0.15, 0.2) is 72.8 Å². The predicted molar refractivity (Wildman–Crippen MR) is 104 cm³/mol. The van der Waals surface area contributed by atoms with Gasteiger partial charge in [-0.3, -0.25) is 0 Å². The number of ether oxygens (including phenoxy) is 1. The fourth-order valence-electron chi connectivity index (χ4n) is 2.62. The minimum atomic E-state index is -1.11. The van der Waals surface area contributed by atoms with E-state index in [-0.39, 0.29) is 11.1 Å². The maximum Gasteiger partial charge on any atom is 0.340 e. The number of esters is 1. The Hall–Kier alpha value is -3.80. The summed E-state index contributed by atoms with van der Waals surface area (Å²) < 4.78 is 4.87. The molecule has 6 nitrogen and oxygen atoms in total. The molecule has 0 atom stereocenters. The number of aromatic carboxylic acids is 1. The van der Waals surface area contributed by atoms with E-state index in [1.54, 1.807) is 12.1 Å². The van der Waals surface area contributed by atoms with E-state index in [9.17, 15) is 14.7 Å². The summed E-state index contributed by atoms with van der Waals surface area (Å²) in [5, 5.41) is 15.8. The zero-order valence-electron chi connectivity index (χ0n) is 14.6. The number of nitrogens with one attached hydrogen (secondary N) is 2. The van der Waals surface area contributed by atoms with Crippen LogP contribution in [0.4, 0.5) is 22.7 Å². The Labute approximate surface area is 156 Å². The van der Waals surface area contributed by atoms with Gasteiger partial charge in [0.1, 0.15) is 0 Å². The fourth-order valence-corrected chi connectivity index (χ4v) is 2.62. The standard InChI is InChI=1S/C21H18N2O4/c1-27-21(26)17-13-18(22-14-8-4-2-5-9-14)16(20(24)25)12-19(17)23-15-10-6-3-7-11-15/h2-13,22-23H,1H3,(H,24,25). The van der Waals surface area contributed by atoms with E-state index in [2.05, 4.69) is 10.6 Å². The number of carboxylic acids is 1. The number of carboxylic acid groups (broad SMARTS) is 1. The number of anilines is 4. The molecule has 0 aliphatic rings. The molecule has 3 N–H and O–H groups in total. The van der Waals surface area contributed by atoms with E-state index in [4.69, 9.17) is 4.74 Å². The van der Waals surface area contributed by atoms with Crippen molar-refractivity contribution in [3.8, 4) is 0 Å². The molecule has 3 aromatic rings. The molecule has 0 aliphatic carbocycles. The van der Waals surface area contributed by atoms with Gasteiger partial charge < -0.3 is 20.5 Å². The quantitative estimate of drug-likeness (QED) is 0.553. The molecule has 0 radical (unpaired) electrons. The second kappa shape index (κ2) is 8.05. The summed E-state index contributed by atoms with van der Waals surface area (Å²) in [6, 6.07) is 21.2. The molecule has 0 spiro atoms. The number of benzene rings is 3. The lowest BCUT2D eigenvalue weighted by molar-refractivity contribution is 0.0600. The van der Waals surface area contributed by atoms with Crippen LogP contribution in [0.5, 0.6) is 0 Å². The molecule has 136 valence electrons. The molecule has 0 heterocycles. The molecular weight excluding hydrogens is 344 g/mol. The highest BCUT2D eigenvalue weighted by molar-refractivity contribution is 6.03. The van der Waals surface area contributed by atoms with Crippen molar-refractivity contribution in [2.75, 3.05) is 17.7 Å². The van der Waals surface area contributed by atoms with Crippen molar-refractivity contribution in [2.24, 2.45) is 0 Å². The van der Waals surface area contributed by atoms with Gasteiger partial charge in [-0.2, -0.15) is 0 Å². The summed E-state index contributed by atoms with van der Waals surface area (Å²) in [6.45, 7) is 0. The van der Waals surface area contributed by atoms with E-state index in [1.807, 2.05) is 48.5 Å². The van der Waals surface area contributed by atoms with Crippen LogP contribution >= 0.6 is 0 Å². The number of hydrogen-bond donors (Lipinski definition) is 3. The molecule has 0 aliphatic heterocycles. The van der Waals surface area contributed by atoms with Crippen molar-refractivity contribution in [1.82, 2.24) is 0 Å². The number of methoxy groups -OCH3 is 1. The van der Waals surface area contributed by atoms with Gasteiger partial charge in [0.25, 0.3) is 0 Å². The average molecular weight is 362 g/mol. The van der Waals surface area contributed by atoms with Crippen LogP contribution in [0, 0.1) is 0 Å². The van der Waals surface area contributed by atoms with E-state index in [0.29, 0.717) is 17.1 Å². The largest absolute Gasteiger partial charge is 0.478 e. The maximum absolute atomic E-state index is 12.3. The third-order valence-electron chi connectivity index (χ3n) is 3.90. The monoisotopic (exact) mass is 362 g/mol. The lowest BCUT2D eigenvalue weighted by Gasteiger charge is -2.16. The van der Waals surface area contributed by atoms with Crippen LogP contribution < -0.4 is 10.6 Å². The molecule has 0 saturated carbocycles. The Kier molecular flexibility index (Phi) is 5.37. The highest BCUT2D eigenvalue weighted by atomic mass is 16.5. The van der Waals surface area contributed by atoms with Crippen molar-refractivity contribution in [1.29, 1.82) is 0 Å². The lowest BCUT2D eigenvalue weighted by atomic mass is 10.0. The average Bonchev–Trinajstić information content (AvgIpc) is 2.69. The first-order chi connectivity index (χ1) is 13.1. The van der Waals surface area contributed by atoms with Crippen molar-refractivity contribution in [2.45, 2.75) is 0 Å². The van der Waals surface area contributed by atoms with Gasteiger partial charge in [0.15, 0.2) is 0 Å². The molecule has 0 bridgehead atoms. The number of rotatable bonds is 6. The van der Waals surface area contributed by atoms with Crippen molar-refractivity contribution >= 4 is 34.7 Å². The van der Waals surface area contributed by atoms with Gasteiger partial charge in [0, 0.05) is 11.4 Å². The molecule has 0 saturated heterocycles. The van der Waals surface area contributed by atoms with Crippen molar-refractivity contribution < 1.29 is 19.4 Å². The van der Waals surface area contributed by atoms with E-state index < -0.39 is 11.9 Å². The smallest absolute Gasteiger partial charge is 0.340 e. The van der Waals surface area contributed by atoms with Crippen LogP contribution in [0.2, 0.25) is 0 Å². The molecule has 0 aromatic heterocycles. The molecule has 6 heteroatoms. The Balaban J connectivity index is 2.08. The normalized spacial score (nSPS) is 10.1. The van der Waals surface area contributed by atoms with Crippen LogP contribution in [0.3, 0.4) is 0 Å².